The lowest BCUT2D eigenvalue weighted by Crippen LogP contribution is -2.49. The van der Waals surface area contributed by atoms with Gasteiger partial charge in [0.15, 0.2) is 0 Å². The molecule has 1 amide bonds. The number of aromatic nitrogens is 1. The van der Waals surface area contributed by atoms with E-state index in [1.54, 1.807) is 12.3 Å². The molecule has 0 spiro atoms. The van der Waals surface area contributed by atoms with E-state index >= 15 is 0 Å². The summed E-state index contributed by atoms with van der Waals surface area (Å²) >= 11 is 1.39. The zero-order valence-corrected chi connectivity index (χ0v) is 18.8. The second-order valence-corrected chi connectivity index (χ2v) is 9.26. The second kappa shape index (κ2) is 8.99. The Labute approximate surface area is 196 Å². The van der Waals surface area contributed by atoms with Gasteiger partial charge in [0.2, 0.25) is 0 Å². The van der Waals surface area contributed by atoms with Gasteiger partial charge in [-0.2, -0.15) is 5.26 Å². The molecular formula is C24H22ClFN4OS. The van der Waals surface area contributed by atoms with Crippen LogP contribution in [-0.4, -0.2) is 33.9 Å². The molecule has 2 N–H and O–H groups in total. The van der Waals surface area contributed by atoms with Crippen LogP contribution < -0.4 is 5.73 Å². The predicted molar refractivity (Wildman–Crippen MR) is 125 cm³/mol. The van der Waals surface area contributed by atoms with Crippen molar-refractivity contribution in [2.24, 2.45) is 5.73 Å². The lowest BCUT2D eigenvalue weighted by molar-refractivity contribution is 0.0580. The van der Waals surface area contributed by atoms with E-state index in [0.29, 0.717) is 10.4 Å². The van der Waals surface area contributed by atoms with Crippen LogP contribution in [0.5, 0.6) is 0 Å². The highest BCUT2D eigenvalue weighted by Gasteiger charge is 2.43. The smallest absolute Gasteiger partial charge is 0.264 e. The molecule has 0 saturated carbocycles. The highest BCUT2D eigenvalue weighted by Crippen LogP contribution is 2.42. The van der Waals surface area contributed by atoms with Gasteiger partial charge in [0, 0.05) is 29.9 Å². The first kappa shape index (κ1) is 22.4. The van der Waals surface area contributed by atoms with Gasteiger partial charge in [-0.25, -0.2) is 4.39 Å². The van der Waals surface area contributed by atoms with Crippen molar-refractivity contribution >= 4 is 29.7 Å². The quantitative estimate of drug-likeness (QED) is 0.586. The number of halogens is 2. The van der Waals surface area contributed by atoms with E-state index in [-0.39, 0.29) is 42.0 Å². The van der Waals surface area contributed by atoms with Crippen LogP contribution in [0.4, 0.5) is 4.39 Å². The first-order chi connectivity index (χ1) is 15.0. The number of carbonyl (C=O) groups is 1. The maximum absolute atomic E-state index is 14.4. The van der Waals surface area contributed by atoms with Crippen LogP contribution in [-0.2, 0) is 0 Å². The van der Waals surface area contributed by atoms with Crippen LogP contribution in [0, 0.1) is 17.1 Å². The minimum absolute atomic E-state index is 0. The first-order valence-electron chi connectivity index (χ1n) is 10.4. The molecule has 8 heteroatoms. The Kier molecular flexibility index (Phi) is 6.29. The Hall–Kier alpha value is -2.79. The number of pyridine rings is 1. The van der Waals surface area contributed by atoms with Gasteiger partial charge in [-0.1, -0.05) is 12.1 Å². The summed E-state index contributed by atoms with van der Waals surface area (Å²) in [6, 6.07) is 14.4. The third-order valence-electron chi connectivity index (χ3n) is 6.24. The molecule has 2 fully saturated rings. The number of hydrogen-bond donors (Lipinski definition) is 1. The number of hydrogen-bond acceptors (Lipinski definition) is 5. The van der Waals surface area contributed by atoms with Gasteiger partial charge < -0.3 is 10.6 Å². The van der Waals surface area contributed by atoms with Crippen molar-refractivity contribution in [2.75, 3.05) is 0 Å². The first-order valence-corrected chi connectivity index (χ1v) is 11.2. The van der Waals surface area contributed by atoms with E-state index in [2.05, 4.69) is 4.98 Å². The second-order valence-electron chi connectivity index (χ2n) is 8.20. The molecule has 1 aromatic carbocycles. The molecule has 0 radical (unpaired) electrons. The highest BCUT2D eigenvalue weighted by molar-refractivity contribution is 7.18. The minimum Gasteiger partial charge on any atom is -0.332 e. The fourth-order valence-electron chi connectivity index (χ4n) is 4.85. The van der Waals surface area contributed by atoms with E-state index in [0.717, 1.165) is 41.8 Å². The van der Waals surface area contributed by atoms with Crippen LogP contribution in [0.2, 0.25) is 0 Å². The van der Waals surface area contributed by atoms with Gasteiger partial charge in [-0.15, -0.1) is 23.7 Å². The van der Waals surface area contributed by atoms with E-state index in [1.165, 1.54) is 23.5 Å². The normalized spacial score (nSPS) is 21.7. The average Bonchev–Trinajstić information content (AvgIpc) is 3.34. The SMILES string of the molecule is Cl.N#Cc1ccc(-c2cc(C(=O)N3C4CCC3CC(N)C4)sc2-c2ccccn2)cc1F. The van der Waals surface area contributed by atoms with Crippen molar-refractivity contribution in [3.05, 3.63) is 64.9 Å². The summed E-state index contributed by atoms with van der Waals surface area (Å²) in [4.78, 5) is 21.4. The monoisotopic (exact) mass is 468 g/mol. The van der Waals surface area contributed by atoms with Crippen molar-refractivity contribution < 1.29 is 9.18 Å². The maximum atomic E-state index is 14.4. The number of carbonyl (C=O) groups excluding carboxylic acids is 1. The van der Waals surface area contributed by atoms with Gasteiger partial charge in [-0.3, -0.25) is 9.78 Å². The Morgan fingerprint density at radius 2 is 1.94 bits per heavy atom. The molecule has 2 aliphatic heterocycles. The molecular weight excluding hydrogens is 447 g/mol. The topological polar surface area (TPSA) is 83.0 Å². The molecule has 3 aromatic rings. The summed E-state index contributed by atoms with van der Waals surface area (Å²) in [7, 11) is 0. The lowest BCUT2D eigenvalue weighted by Gasteiger charge is -2.37. The Balaban J connectivity index is 0.00000245. The molecule has 2 aliphatic rings. The number of benzene rings is 1. The lowest BCUT2D eigenvalue weighted by atomic mass is 9.97. The number of fused-ring (bicyclic) bond motifs is 2. The van der Waals surface area contributed by atoms with Crippen molar-refractivity contribution in [1.29, 1.82) is 5.26 Å². The molecule has 2 atom stereocenters. The van der Waals surface area contributed by atoms with Crippen molar-refractivity contribution in [3.8, 4) is 27.8 Å². The van der Waals surface area contributed by atoms with Crippen molar-refractivity contribution in [3.63, 3.8) is 0 Å². The van der Waals surface area contributed by atoms with Crippen LogP contribution in [0.15, 0.2) is 48.7 Å². The molecule has 4 heterocycles. The number of nitriles is 1. The van der Waals surface area contributed by atoms with E-state index < -0.39 is 5.82 Å². The van der Waals surface area contributed by atoms with Gasteiger partial charge in [0.05, 0.1) is 21.0 Å². The minimum atomic E-state index is -0.575. The fraction of sp³-hybridized carbons (Fsp3) is 0.292. The third-order valence-corrected chi connectivity index (χ3v) is 7.39. The van der Waals surface area contributed by atoms with Crippen LogP contribution in [0.25, 0.3) is 21.7 Å². The average molecular weight is 469 g/mol. The summed E-state index contributed by atoms with van der Waals surface area (Å²) < 4.78 is 14.4. The molecule has 5 rings (SSSR count). The fourth-order valence-corrected chi connectivity index (χ4v) is 5.95. The Morgan fingerprint density at radius 1 is 1.19 bits per heavy atom. The van der Waals surface area contributed by atoms with E-state index in [1.807, 2.05) is 35.2 Å². The van der Waals surface area contributed by atoms with Crippen LogP contribution in [0.1, 0.15) is 40.9 Å². The number of thiophene rings is 1. The van der Waals surface area contributed by atoms with Gasteiger partial charge >= 0.3 is 0 Å². The van der Waals surface area contributed by atoms with Gasteiger partial charge in [0.1, 0.15) is 11.9 Å². The summed E-state index contributed by atoms with van der Waals surface area (Å²) in [5, 5.41) is 9.05. The molecule has 2 saturated heterocycles. The molecule has 2 unspecified atom stereocenters. The number of amides is 1. The molecule has 164 valence electrons. The molecule has 32 heavy (non-hydrogen) atoms. The van der Waals surface area contributed by atoms with E-state index in [9.17, 15) is 9.18 Å². The van der Waals surface area contributed by atoms with Crippen LogP contribution >= 0.6 is 23.7 Å². The maximum Gasteiger partial charge on any atom is 0.264 e. The highest BCUT2D eigenvalue weighted by atomic mass is 35.5. The van der Waals surface area contributed by atoms with Gasteiger partial charge in [-0.05, 0) is 61.6 Å². The van der Waals surface area contributed by atoms with Crippen molar-refractivity contribution in [2.45, 2.75) is 43.8 Å². The largest absolute Gasteiger partial charge is 0.332 e. The number of piperidine rings is 1. The number of rotatable bonds is 3. The summed E-state index contributed by atoms with van der Waals surface area (Å²) in [5.41, 5.74) is 8.27. The third kappa shape index (κ3) is 3.90. The van der Waals surface area contributed by atoms with Crippen molar-refractivity contribution in [1.82, 2.24) is 9.88 Å². The molecule has 5 nitrogen and oxygen atoms in total. The standard InChI is InChI=1S/C24H21FN4OS.ClH/c25-20-9-14(4-5-15(20)13-26)19-12-22(31-23(19)21-3-1-2-8-28-21)24(30)29-17-6-7-18(29)11-16(27)10-17;/h1-5,8-9,12,16-18H,6-7,10-11,27H2;1H. The number of nitrogens with zero attached hydrogens (tertiary/aromatic N) is 3. The summed E-state index contributed by atoms with van der Waals surface area (Å²) in [6.07, 6.45) is 5.38. The zero-order valence-electron chi connectivity index (χ0n) is 17.2. The van der Waals surface area contributed by atoms with E-state index in [4.69, 9.17) is 11.0 Å². The zero-order chi connectivity index (χ0) is 21.5. The Morgan fingerprint density at radius 3 is 2.56 bits per heavy atom. The molecule has 0 aliphatic carbocycles. The summed E-state index contributed by atoms with van der Waals surface area (Å²) in [6.45, 7) is 0. The predicted octanol–water partition coefficient (Wildman–Crippen LogP) is 5.00. The summed E-state index contributed by atoms with van der Waals surface area (Å²) in [5.74, 6) is -0.559. The van der Waals surface area contributed by atoms with Gasteiger partial charge in [0.25, 0.3) is 5.91 Å². The number of nitrogens with two attached hydrogens (primary N) is 1. The molecule has 2 aromatic heterocycles. The van der Waals surface area contributed by atoms with Crippen LogP contribution in [0.3, 0.4) is 0 Å². The Bertz CT molecular complexity index is 1180. The molecule has 2 bridgehead atoms.